The molecule has 7 rings (SSSR count). The molecule has 5 aromatic carbocycles. The van der Waals surface area contributed by atoms with Crippen LogP contribution in [0.1, 0.15) is 27.8 Å². The molecule has 2 aliphatic rings. The molecule has 1 aliphatic carbocycles. The van der Waals surface area contributed by atoms with Gasteiger partial charge in [0, 0.05) is 9.79 Å². The van der Waals surface area contributed by atoms with Crippen LogP contribution in [0.4, 0.5) is 4.39 Å². The highest BCUT2D eigenvalue weighted by Crippen LogP contribution is 2.62. The number of aryl methyl sites for hydroxylation is 1. The van der Waals surface area contributed by atoms with Crippen molar-refractivity contribution in [1.29, 1.82) is 0 Å². The van der Waals surface area contributed by atoms with E-state index in [-0.39, 0.29) is 5.82 Å². The average Bonchev–Trinajstić information content (AvgIpc) is 3.18. The van der Waals surface area contributed by atoms with E-state index in [0.29, 0.717) is 16.0 Å². The fourth-order valence-electron chi connectivity index (χ4n) is 5.79. The third kappa shape index (κ3) is 3.01. The molecule has 0 saturated heterocycles. The van der Waals surface area contributed by atoms with Crippen molar-refractivity contribution < 1.29 is 9.13 Å². The standard InChI is InChI=1S/C32H20BrFOS/c1-19-16-27(34)31(33)28(17-19)35-20-14-15-22-21-8-2-3-9-23(21)32(26(22)18-20)24-10-4-6-12-29(24)36-30-13-7-5-11-25(30)32/h2-18H,1H3. The van der Waals surface area contributed by atoms with E-state index >= 15 is 0 Å². The van der Waals surface area contributed by atoms with Crippen LogP contribution in [0.2, 0.25) is 0 Å². The first-order valence-corrected chi connectivity index (χ1v) is 13.4. The Kier molecular flexibility index (Phi) is 4.92. The zero-order valence-corrected chi connectivity index (χ0v) is 21.8. The van der Waals surface area contributed by atoms with E-state index < -0.39 is 5.41 Å². The van der Waals surface area contributed by atoms with Gasteiger partial charge >= 0.3 is 0 Å². The number of ether oxygens (including phenoxy) is 1. The Morgan fingerprint density at radius 3 is 2.03 bits per heavy atom. The molecule has 0 N–H and O–H groups in total. The molecule has 0 unspecified atom stereocenters. The molecule has 4 heteroatoms. The first kappa shape index (κ1) is 21.9. The van der Waals surface area contributed by atoms with Crippen molar-refractivity contribution in [2.45, 2.75) is 22.1 Å². The van der Waals surface area contributed by atoms with E-state index in [1.807, 2.05) is 30.8 Å². The van der Waals surface area contributed by atoms with Gasteiger partial charge < -0.3 is 4.74 Å². The molecule has 0 atom stereocenters. The van der Waals surface area contributed by atoms with Gasteiger partial charge in [0.2, 0.25) is 0 Å². The zero-order chi connectivity index (χ0) is 24.4. The van der Waals surface area contributed by atoms with Crippen molar-refractivity contribution in [3.05, 3.63) is 141 Å². The van der Waals surface area contributed by atoms with E-state index in [2.05, 4.69) is 101 Å². The van der Waals surface area contributed by atoms with E-state index in [0.717, 1.165) is 5.56 Å². The first-order valence-electron chi connectivity index (χ1n) is 11.8. The summed E-state index contributed by atoms with van der Waals surface area (Å²) < 4.78 is 21.1. The number of benzene rings is 5. The smallest absolute Gasteiger partial charge is 0.144 e. The summed E-state index contributed by atoms with van der Waals surface area (Å²) in [6.45, 7) is 1.87. The Balaban J connectivity index is 1.52. The van der Waals surface area contributed by atoms with Gasteiger partial charge in [-0.15, -0.1) is 0 Å². The van der Waals surface area contributed by atoms with Crippen molar-refractivity contribution in [3.63, 3.8) is 0 Å². The molecule has 0 amide bonds. The summed E-state index contributed by atoms with van der Waals surface area (Å²) in [6.07, 6.45) is 0. The van der Waals surface area contributed by atoms with Crippen LogP contribution in [-0.2, 0) is 5.41 Å². The molecular weight excluding hydrogens is 531 g/mol. The molecule has 0 bridgehead atoms. The molecule has 1 spiro atoms. The number of hydrogen-bond acceptors (Lipinski definition) is 2. The molecule has 0 saturated carbocycles. The van der Waals surface area contributed by atoms with Gasteiger partial charge in [-0.3, -0.25) is 0 Å². The Hall–Kier alpha value is -3.34. The summed E-state index contributed by atoms with van der Waals surface area (Å²) in [6, 6.07) is 35.7. The van der Waals surface area contributed by atoms with Crippen LogP contribution in [0.5, 0.6) is 11.5 Å². The molecule has 1 aliphatic heterocycles. The molecule has 1 heterocycles. The number of rotatable bonds is 2. The molecule has 0 aromatic heterocycles. The van der Waals surface area contributed by atoms with Crippen LogP contribution < -0.4 is 4.74 Å². The molecule has 1 nitrogen and oxygen atoms in total. The van der Waals surface area contributed by atoms with E-state index in [4.69, 9.17) is 4.74 Å². The Morgan fingerprint density at radius 1 is 0.694 bits per heavy atom. The SMILES string of the molecule is Cc1cc(F)c(Br)c(Oc2ccc3c(c2)C2(c4ccccc4Sc4ccccc42)c2ccccc2-3)c1. The minimum atomic E-state index is -0.460. The van der Waals surface area contributed by atoms with E-state index in [9.17, 15) is 4.39 Å². The average molecular weight is 551 g/mol. The minimum Gasteiger partial charge on any atom is -0.456 e. The summed E-state index contributed by atoms with van der Waals surface area (Å²) in [4.78, 5) is 2.52. The number of halogens is 2. The second kappa shape index (κ2) is 8.09. The fraction of sp³-hybridized carbons (Fsp3) is 0.0625. The zero-order valence-electron chi connectivity index (χ0n) is 19.4. The topological polar surface area (TPSA) is 9.23 Å². The van der Waals surface area contributed by atoms with Gasteiger partial charge in [-0.2, -0.15) is 0 Å². The van der Waals surface area contributed by atoms with Crippen molar-refractivity contribution in [2.75, 3.05) is 0 Å². The number of hydrogen-bond donors (Lipinski definition) is 0. The lowest BCUT2D eigenvalue weighted by Crippen LogP contribution is -2.31. The van der Waals surface area contributed by atoms with Crippen molar-refractivity contribution in [2.24, 2.45) is 0 Å². The van der Waals surface area contributed by atoms with Gasteiger partial charge in [-0.1, -0.05) is 78.5 Å². The van der Waals surface area contributed by atoms with E-state index in [1.54, 1.807) is 0 Å². The van der Waals surface area contributed by atoms with Crippen LogP contribution in [0.3, 0.4) is 0 Å². The van der Waals surface area contributed by atoms with Crippen molar-refractivity contribution >= 4 is 27.7 Å². The first-order chi connectivity index (χ1) is 17.6. The maximum absolute atomic E-state index is 14.4. The largest absolute Gasteiger partial charge is 0.456 e. The predicted octanol–water partition coefficient (Wildman–Crippen LogP) is 9.52. The Labute approximate surface area is 222 Å². The van der Waals surface area contributed by atoms with Crippen molar-refractivity contribution in [1.82, 2.24) is 0 Å². The van der Waals surface area contributed by atoms with Crippen LogP contribution in [0.25, 0.3) is 11.1 Å². The van der Waals surface area contributed by atoms with E-state index in [1.165, 1.54) is 49.2 Å². The van der Waals surface area contributed by atoms with Crippen LogP contribution in [-0.4, -0.2) is 0 Å². The minimum absolute atomic E-state index is 0.330. The lowest BCUT2D eigenvalue weighted by atomic mass is 9.67. The van der Waals surface area contributed by atoms with Gasteiger partial charge in [-0.25, -0.2) is 4.39 Å². The van der Waals surface area contributed by atoms with Crippen LogP contribution in [0.15, 0.2) is 117 Å². The summed E-state index contributed by atoms with van der Waals surface area (Å²) in [5, 5.41) is 0. The lowest BCUT2D eigenvalue weighted by Gasteiger charge is -2.39. The quantitative estimate of drug-likeness (QED) is 0.212. The Bertz CT molecular complexity index is 1650. The van der Waals surface area contributed by atoms with Crippen LogP contribution >= 0.6 is 27.7 Å². The summed E-state index contributed by atoms with van der Waals surface area (Å²) in [5.41, 5.74) is 7.80. The molecule has 174 valence electrons. The lowest BCUT2D eigenvalue weighted by molar-refractivity contribution is 0.470. The van der Waals surface area contributed by atoms with Gasteiger partial charge in [0.15, 0.2) is 0 Å². The Morgan fingerprint density at radius 2 is 1.31 bits per heavy atom. The summed E-state index contributed by atoms with van der Waals surface area (Å²) >= 11 is 5.19. The molecule has 36 heavy (non-hydrogen) atoms. The molecule has 0 fully saturated rings. The normalized spacial score (nSPS) is 14.1. The van der Waals surface area contributed by atoms with Crippen LogP contribution in [0, 0.1) is 12.7 Å². The maximum atomic E-state index is 14.4. The highest BCUT2D eigenvalue weighted by Gasteiger charge is 2.50. The second-order valence-electron chi connectivity index (χ2n) is 9.26. The third-order valence-electron chi connectivity index (χ3n) is 7.19. The third-order valence-corrected chi connectivity index (χ3v) is 9.11. The fourth-order valence-corrected chi connectivity index (χ4v) is 7.29. The highest BCUT2D eigenvalue weighted by molar-refractivity contribution is 9.10. The van der Waals surface area contributed by atoms with Gasteiger partial charge in [0.1, 0.15) is 17.3 Å². The second-order valence-corrected chi connectivity index (χ2v) is 11.1. The molecule has 0 radical (unpaired) electrons. The van der Waals surface area contributed by atoms with Gasteiger partial charge in [-0.05, 0) is 98.2 Å². The highest BCUT2D eigenvalue weighted by atomic mass is 79.9. The van der Waals surface area contributed by atoms with Gasteiger partial charge in [0.25, 0.3) is 0 Å². The monoisotopic (exact) mass is 550 g/mol. The van der Waals surface area contributed by atoms with Gasteiger partial charge in [0.05, 0.1) is 9.89 Å². The summed E-state index contributed by atoms with van der Waals surface area (Å²) in [5.74, 6) is 0.819. The molecule has 5 aromatic rings. The maximum Gasteiger partial charge on any atom is 0.144 e. The predicted molar refractivity (Wildman–Crippen MR) is 147 cm³/mol. The number of fused-ring (bicyclic) bond motifs is 9. The van der Waals surface area contributed by atoms with Crippen molar-refractivity contribution in [3.8, 4) is 22.6 Å². The summed E-state index contributed by atoms with van der Waals surface area (Å²) in [7, 11) is 0. The molecular formula is C32H20BrFOS.